The molecule has 11 heteroatoms. The van der Waals surface area contributed by atoms with Crippen LogP contribution in [-0.2, 0) is 19.2 Å². The number of carboxylic acid groups (broad SMARTS) is 1. The quantitative estimate of drug-likeness (QED) is 0.389. The second-order valence-electron chi connectivity index (χ2n) is 2.38. The number of hydrogen-bond donors (Lipinski definition) is 1. The predicted octanol–water partition coefficient (Wildman–Crippen LogP) is -1.13. The van der Waals surface area contributed by atoms with Gasteiger partial charge in [0.25, 0.3) is 10.2 Å². The van der Waals surface area contributed by atoms with Crippen molar-refractivity contribution in [3.63, 3.8) is 0 Å². The molecule has 1 unspecified atom stereocenters. The smallest absolute Gasteiger partial charge is 0.329 e. The second kappa shape index (κ2) is 7.17. The standard InChI is InChI=1S/C5H8N2O9/c8-5(9)3-14-1-4(16-7(12)13)2-15-6(10)11/h4H,1-3H2,(H,8,9). The Morgan fingerprint density at radius 2 is 1.88 bits per heavy atom. The maximum Gasteiger partial charge on any atom is 0.329 e. The molecular formula is C5H8N2O9. The third-order valence-corrected chi connectivity index (χ3v) is 1.13. The van der Waals surface area contributed by atoms with Crippen LogP contribution in [0.2, 0.25) is 0 Å². The molecule has 0 aromatic heterocycles. The molecule has 0 saturated heterocycles. The van der Waals surface area contributed by atoms with Crippen LogP contribution < -0.4 is 0 Å². The lowest BCUT2D eigenvalue weighted by Gasteiger charge is -2.12. The van der Waals surface area contributed by atoms with Gasteiger partial charge >= 0.3 is 5.97 Å². The summed E-state index contributed by atoms with van der Waals surface area (Å²) < 4.78 is 4.46. The zero-order valence-electron chi connectivity index (χ0n) is 7.81. The highest BCUT2D eigenvalue weighted by Crippen LogP contribution is 1.96. The molecule has 0 bridgehead atoms. The number of nitrogens with zero attached hydrogens (tertiary/aromatic N) is 2. The van der Waals surface area contributed by atoms with Crippen molar-refractivity contribution in [3.8, 4) is 0 Å². The Bertz CT molecular complexity index is 267. The molecule has 0 radical (unpaired) electrons. The molecule has 0 amide bonds. The van der Waals surface area contributed by atoms with E-state index >= 15 is 0 Å². The van der Waals surface area contributed by atoms with Crippen LogP contribution in [0.5, 0.6) is 0 Å². The van der Waals surface area contributed by atoms with E-state index in [0.29, 0.717) is 0 Å². The lowest BCUT2D eigenvalue weighted by Crippen LogP contribution is -2.30. The molecule has 92 valence electrons. The van der Waals surface area contributed by atoms with Gasteiger partial charge in [0, 0.05) is 0 Å². The minimum absolute atomic E-state index is 0.513. The fraction of sp³-hybridized carbons (Fsp3) is 0.800. The molecular weight excluding hydrogens is 232 g/mol. The van der Waals surface area contributed by atoms with Crippen molar-refractivity contribution >= 4 is 5.97 Å². The molecule has 0 aromatic rings. The maximum atomic E-state index is 10.0. The first-order chi connectivity index (χ1) is 7.41. The SMILES string of the molecule is O=C(O)COCC(CO[N+](=O)[O-])O[N+](=O)[O-]. The van der Waals surface area contributed by atoms with E-state index in [-0.39, 0.29) is 0 Å². The van der Waals surface area contributed by atoms with Crippen LogP contribution in [0.3, 0.4) is 0 Å². The monoisotopic (exact) mass is 240 g/mol. The van der Waals surface area contributed by atoms with Gasteiger partial charge in [0.05, 0.1) is 6.61 Å². The molecule has 0 aliphatic rings. The van der Waals surface area contributed by atoms with Gasteiger partial charge < -0.3 is 19.5 Å². The summed E-state index contributed by atoms with van der Waals surface area (Å²) in [5, 5.41) is 25.6. The molecule has 1 atom stereocenters. The van der Waals surface area contributed by atoms with Crippen molar-refractivity contribution in [2.45, 2.75) is 6.10 Å². The average molecular weight is 240 g/mol. The molecule has 0 heterocycles. The molecule has 0 fully saturated rings. The number of hydrogen-bond acceptors (Lipinski definition) is 8. The van der Waals surface area contributed by atoms with Crippen molar-refractivity contribution in [1.82, 2.24) is 0 Å². The molecule has 0 rings (SSSR count). The molecule has 0 aliphatic carbocycles. The third kappa shape index (κ3) is 8.43. The van der Waals surface area contributed by atoms with Crippen LogP contribution in [0.15, 0.2) is 0 Å². The first-order valence-electron chi connectivity index (χ1n) is 3.79. The first-order valence-corrected chi connectivity index (χ1v) is 3.79. The van der Waals surface area contributed by atoms with E-state index in [1.54, 1.807) is 0 Å². The fourth-order valence-corrected chi connectivity index (χ4v) is 0.652. The Kier molecular flexibility index (Phi) is 6.19. The van der Waals surface area contributed by atoms with Gasteiger partial charge in [0.1, 0.15) is 13.2 Å². The van der Waals surface area contributed by atoms with Crippen LogP contribution >= 0.6 is 0 Å². The van der Waals surface area contributed by atoms with Crippen molar-refractivity contribution < 1.29 is 34.5 Å². The van der Waals surface area contributed by atoms with Crippen molar-refractivity contribution in [1.29, 1.82) is 0 Å². The predicted molar refractivity (Wildman–Crippen MR) is 43.3 cm³/mol. The number of rotatable bonds is 9. The molecule has 0 saturated carbocycles. The summed E-state index contributed by atoms with van der Waals surface area (Å²) in [5.41, 5.74) is 0. The van der Waals surface area contributed by atoms with Crippen LogP contribution in [-0.4, -0.2) is 47.2 Å². The molecule has 1 N–H and O–H groups in total. The Morgan fingerprint density at radius 1 is 1.25 bits per heavy atom. The Morgan fingerprint density at radius 3 is 2.31 bits per heavy atom. The topological polar surface area (TPSA) is 151 Å². The van der Waals surface area contributed by atoms with Crippen molar-refractivity contribution in [2.75, 3.05) is 19.8 Å². The minimum atomic E-state index is -1.36. The summed E-state index contributed by atoms with van der Waals surface area (Å²) >= 11 is 0. The maximum absolute atomic E-state index is 10.0. The summed E-state index contributed by atoms with van der Waals surface area (Å²) in [6, 6.07) is 0. The van der Waals surface area contributed by atoms with E-state index < -0.39 is 42.1 Å². The Labute approximate surface area is 87.7 Å². The molecule has 0 aliphatic heterocycles. The van der Waals surface area contributed by atoms with Gasteiger partial charge in [-0.15, -0.1) is 20.2 Å². The number of ether oxygens (including phenoxy) is 1. The highest BCUT2D eigenvalue weighted by atomic mass is 17.0. The average Bonchev–Trinajstić information content (AvgIpc) is 2.12. The fourth-order valence-electron chi connectivity index (χ4n) is 0.652. The molecule has 16 heavy (non-hydrogen) atoms. The zero-order valence-corrected chi connectivity index (χ0v) is 7.81. The van der Waals surface area contributed by atoms with E-state index in [9.17, 15) is 25.0 Å². The van der Waals surface area contributed by atoms with Crippen LogP contribution in [0.1, 0.15) is 0 Å². The van der Waals surface area contributed by atoms with Gasteiger partial charge in [-0.2, -0.15) is 0 Å². The number of carboxylic acids is 1. The van der Waals surface area contributed by atoms with E-state index in [2.05, 4.69) is 14.4 Å². The van der Waals surface area contributed by atoms with E-state index in [1.165, 1.54) is 0 Å². The number of carbonyl (C=O) groups is 1. The summed E-state index contributed by atoms with van der Waals surface area (Å²) in [4.78, 5) is 37.5. The summed E-state index contributed by atoms with van der Waals surface area (Å²) in [5.74, 6) is -1.28. The van der Waals surface area contributed by atoms with Gasteiger partial charge in [-0.25, -0.2) is 4.79 Å². The van der Waals surface area contributed by atoms with Crippen LogP contribution in [0, 0.1) is 20.2 Å². The number of aliphatic carboxylic acids is 1. The lowest BCUT2D eigenvalue weighted by molar-refractivity contribution is -0.790. The third-order valence-electron chi connectivity index (χ3n) is 1.13. The first kappa shape index (κ1) is 13.8. The molecule has 0 aromatic carbocycles. The van der Waals surface area contributed by atoms with Crippen LogP contribution in [0.25, 0.3) is 0 Å². The minimum Gasteiger partial charge on any atom is -0.480 e. The normalized spacial score (nSPS) is 11.5. The highest BCUT2D eigenvalue weighted by molar-refractivity contribution is 5.67. The summed E-state index contributed by atoms with van der Waals surface area (Å²) in [7, 11) is 0. The largest absolute Gasteiger partial charge is 0.480 e. The van der Waals surface area contributed by atoms with E-state index in [1.807, 2.05) is 0 Å². The van der Waals surface area contributed by atoms with Crippen molar-refractivity contribution in [2.24, 2.45) is 0 Å². The van der Waals surface area contributed by atoms with Gasteiger partial charge in [-0.1, -0.05) is 0 Å². The van der Waals surface area contributed by atoms with E-state index in [0.717, 1.165) is 0 Å². The van der Waals surface area contributed by atoms with Crippen LogP contribution in [0.4, 0.5) is 0 Å². The lowest BCUT2D eigenvalue weighted by atomic mass is 10.4. The zero-order chi connectivity index (χ0) is 12.6. The molecule has 0 spiro atoms. The van der Waals surface area contributed by atoms with Gasteiger partial charge in [-0.3, -0.25) is 0 Å². The van der Waals surface area contributed by atoms with Gasteiger partial charge in [0.2, 0.25) is 0 Å². The second-order valence-corrected chi connectivity index (χ2v) is 2.38. The summed E-state index contributed by atoms with van der Waals surface area (Å²) in [6.45, 7) is -1.94. The Hall–Kier alpha value is -2.17. The highest BCUT2D eigenvalue weighted by Gasteiger charge is 2.16. The van der Waals surface area contributed by atoms with Gasteiger partial charge in [-0.05, 0) is 0 Å². The van der Waals surface area contributed by atoms with Gasteiger partial charge in [0.15, 0.2) is 6.10 Å². The van der Waals surface area contributed by atoms with Crippen molar-refractivity contribution in [3.05, 3.63) is 20.2 Å². The summed E-state index contributed by atoms with van der Waals surface area (Å²) in [6.07, 6.45) is -1.36. The Balaban J connectivity index is 3.94. The molecule has 11 nitrogen and oxygen atoms in total. The van der Waals surface area contributed by atoms with E-state index in [4.69, 9.17) is 5.11 Å².